The van der Waals surface area contributed by atoms with Gasteiger partial charge in [0, 0.05) is 0 Å². The molecule has 2 rings (SSSR count). The molecule has 0 unspecified atom stereocenters. The van der Waals surface area contributed by atoms with Crippen LogP contribution in [0, 0.1) is 13.8 Å². The van der Waals surface area contributed by atoms with Crippen LogP contribution in [0.2, 0.25) is 0 Å². The number of carboxylic acid groups (broad SMARTS) is 1. The Morgan fingerprint density at radius 1 is 1.47 bits per heavy atom. The minimum absolute atomic E-state index is 0.190. The minimum Gasteiger partial charge on any atom is -0.478 e. The summed E-state index contributed by atoms with van der Waals surface area (Å²) in [5.41, 5.74) is 7.32. The fraction of sp³-hybridized carbons (Fsp3) is 0.222. The Morgan fingerprint density at radius 2 is 2.13 bits per heavy atom. The van der Waals surface area contributed by atoms with Crippen LogP contribution in [0.3, 0.4) is 0 Å². The van der Waals surface area contributed by atoms with Crippen LogP contribution in [-0.4, -0.2) is 26.3 Å². The van der Waals surface area contributed by atoms with E-state index in [0.717, 1.165) is 0 Å². The van der Waals surface area contributed by atoms with Gasteiger partial charge in [-0.05, 0) is 19.4 Å². The fourth-order valence-electron chi connectivity index (χ4n) is 1.72. The van der Waals surface area contributed by atoms with Gasteiger partial charge in [0.1, 0.15) is 5.82 Å². The summed E-state index contributed by atoms with van der Waals surface area (Å²) in [7, 11) is 0. The Morgan fingerprint density at radius 3 is 2.73 bits per heavy atom. The summed E-state index contributed by atoms with van der Waals surface area (Å²) < 4.78 is 0. The monoisotopic (exact) mass is 206 g/mol. The first-order valence-electron chi connectivity index (χ1n) is 4.36. The van der Waals surface area contributed by atoms with Gasteiger partial charge in [-0.3, -0.25) is 5.10 Å². The number of carbonyl (C=O) groups is 1. The summed E-state index contributed by atoms with van der Waals surface area (Å²) in [5.74, 6) is -0.655. The molecule has 4 N–H and O–H groups in total. The Balaban J connectivity index is 2.93. The molecule has 0 amide bonds. The molecule has 2 aromatic rings. The Hall–Kier alpha value is -2.11. The van der Waals surface area contributed by atoms with Crippen LogP contribution in [0.4, 0.5) is 5.82 Å². The maximum absolute atomic E-state index is 11.0. The molecule has 0 spiro atoms. The molecule has 0 aromatic carbocycles. The van der Waals surface area contributed by atoms with Crippen molar-refractivity contribution in [1.82, 2.24) is 15.2 Å². The Bertz CT molecular complexity index is 559. The largest absolute Gasteiger partial charge is 0.478 e. The second-order valence-corrected chi connectivity index (χ2v) is 3.34. The van der Waals surface area contributed by atoms with Gasteiger partial charge in [0.05, 0.1) is 16.6 Å². The predicted octanol–water partition coefficient (Wildman–Crippen LogP) is 0.855. The van der Waals surface area contributed by atoms with Gasteiger partial charge in [0.15, 0.2) is 5.65 Å². The van der Waals surface area contributed by atoms with Crippen molar-refractivity contribution in [3.05, 3.63) is 16.8 Å². The van der Waals surface area contributed by atoms with Gasteiger partial charge in [-0.25, -0.2) is 9.78 Å². The predicted molar refractivity (Wildman–Crippen MR) is 54.7 cm³/mol. The second kappa shape index (κ2) is 2.94. The van der Waals surface area contributed by atoms with Gasteiger partial charge in [-0.15, -0.1) is 0 Å². The summed E-state index contributed by atoms with van der Waals surface area (Å²) in [6.07, 6.45) is 0. The highest BCUT2D eigenvalue weighted by Gasteiger charge is 2.18. The number of aromatic carboxylic acids is 1. The number of anilines is 1. The van der Waals surface area contributed by atoms with Crippen LogP contribution >= 0.6 is 0 Å². The number of hydrogen-bond acceptors (Lipinski definition) is 4. The molecule has 0 saturated carbocycles. The van der Waals surface area contributed by atoms with Crippen molar-refractivity contribution in [3.63, 3.8) is 0 Å². The topological polar surface area (TPSA) is 105 Å². The van der Waals surface area contributed by atoms with E-state index in [1.54, 1.807) is 13.8 Å². The molecule has 0 fully saturated rings. The molecule has 2 aromatic heterocycles. The zero-order valence-corrected chi connectivity index (χ0v) is 8.33. The molecule has 0 atom stereocenters. The molecule has 15 heavy (non-hydrogen) atoms. The van der Waals surface area contributed by atoms with Gasteiger partial charge in [-0.1, -0.05) is 0 Å². The number of fused-ring (bicyclic) bond motifs is 1. The number of aryl methyl sites for hydroxylation is 2. The van der Waals surface area contributed by atoms with E-state index in [2.05, 4.69) is 15.2 Å². The van der Waals surface area contributed by atoms with Crippen molar-refractivity contribution < 1.29 is 9.90 Å². The quantitative estimate of drug-likeness (QED) is 0.641. The van der Waals surface area contributed by atoms with Crippen molar-refractivity contribution in [2.24, 2.45) is 0 Å². The lowest BCUT2D eigenvalue weighted by molar-refractivity contribution is 0.0695. The number of hydrogen-bond donors (Lipinski definition) is 3. The number of nitrogens with one attached hydrogen (secondary N) is 1. The molecule has 0 aliphatic heterocycles. The lowest BCUT2D eigenvalue weighted by Gasteiger charge is -2.05. The average molecular weight is 206 g/mol. The van der Waals surface area contributed by atoms with E-state index < -0.39 is 5.97 Å². The molecule has 0 radical (unpaired) electrons. The van der Waals surface area contributed by atoms with E-state index in [9.17, 15) is 4.79 Å². The van der Waals surface area contributed by atoms with Gasteiger partial charge in [-0.2, -0.15) is 5.10 Å². The summed E-state index contributed by atoms with van der Waals surface area (Å²) in [6.45, 7) is 3.34. The molecule has 78 valence electrons. The standard InChI is InChI=1S/C9H10N4O2/c1-3-5(9(14)15)4(2)11-8-6(3)7(10)12-13-8/h1-2H3,(H,14,15)(H3,10,11,12,13). The number of rotatable bonds is 1. The third-order valence-electron chi connectivity index (χ3n) is 2.37. The van der Waals surface area contributed by atoms with E-state index >= 15 is 0 Å². The Labute approximate surface area is 85.1 Å². The van der Waals surface area contributed by atoms with Crippen LogP contribution in [0.5, 0.6) is 0 Å². The molecule has 0 saturated heterocycles. The smallest absolute Gasteiger partial charge is 0.337 e. The third kappa shape index (κ3) is 1.22. The number of carboxylic acids is 1. The first kappa shape index (κ1) is 9.45. The van der Waals surface area contributed by atoms with E-state index in [0.29, 0.717) is 28.1 Å². The minimum atomic E-state index is -1.000. The number of pyridine rings is 1. The fourth-order valence-corrected chi connectivity index (χ4v) is 1.72. The van der Waals surface area contributed by atoms with Crippen LogP contribution < -0.4 is 5.73 Å². The maximum atomic E-state index is 11.0. The van der Waals surface area contributed by atoms with Crippen molar-refractivity contribution >= 4 is 22.8 Å². The molecule has 0 aliphatic rings. The first-order chi connectivity index (χ1) is 7.02. The highest BCUT2D eigenvalue weighted by atomic mass is 16.4. The number of aromatic amines is 1. The van der Waals surface area contributed by atoms with E-state index in [4.69, 9.17) is 10.8 Å². The van der Waals surface area contributed by atoms with Crippen molar-refractivity contribution in [2.75, 3.05) is 5.73 Å². The molecular weight excluding hydrogens is 196 g/mol. The maximum Gasteiger partial charge on any atom is 0.337 e. The first-order valence-corrected chi connectivity index (χ1v) is 4.36. The summed E-state index contributed by atoms with van der Waals surface area (Å²) in [6, 6.07) is 0. The van der Waals surface area contributed by atoms with Gasteiger partial charge < -0.3 is 10.8 Å². The number of aromatic nitrogens is 3. The van der Waals surface area contributed by atoms with Gasteiger partial charge in [0.25, 0.3) is 0 Å². The molecular formula is C9H10N4O2. The van der Waals surface area contributed by atoms with Crippen molar-refractivity contribution in [1.29, 1.82) is 0 Å². The third-order valence-corrected chi connectivity index (χ3v) is 2.37. The highest BCUT2D eigenvalue weighted by Crippen LogP contribution is 2.25. The summed E-state index contributed by atoms with van der Waals surface area (Å²) >= 11 is 0. The van der Waals surface area contributed by atoms with Crippen molar-refractivity contribution in [3.8, 4) is 0 Å². The number of H-pyrrole nitrogens is 1. The zero-order valence-electron chi connectivity index (χ0n) is 8.33. The van der Waals surface area contributed by atoms with E-state index in [1.165, 1.54) is 0 Å². The normalized spacial score (nSPS) is 10.8. The lowest BCUT2D eigenvalue weighted by atomic mass is 10.1. The van der Waals surface area contributed by atoms with Gasteiger partial charge in [0.2, 0.25) is 0 Å². The van der Waals surface area contributed by atoms with Crippen LogP contribution in [0.1, 0.15) is 21.6 Å². The van der Waals surface area contributed by atoms with Gasteiger partial charge >= 0.3 is 5.97 Å². The number of nitrogens with two attached hydrogens (primary N) is 1. The lowest BCUT2D eigenvalue weighted by Crippen LogP contribution is -2.05. The average Bonchev–Trinajstić information content (AvgIpc) is 2.46. The van der Waals surface area contributed by atoms with Crippen molar-refractivity contribution in [2.45, 2.75) is 13.8 Å². The molecule has 2 heterocycles. The highest BCUT2D eigenvalue weighted by molar-refractivity contribution is 5.99. The SMILES string of the molecule is Cc1nc2n[nH]c(N)c2c(C)c1C(=O)O. The zero-order chi connectivity index (χ0) is 11.2. The van der Waals surface area contributed by atoms with Crippen LogP contribution in [0.15, 0.2) is 0 Å². The Kier molecular flexibility index (Phi) is 1.85. The molecule has 6 nitrogen and oxygen atoms in total. The summed E-state index contributed by atoms with van der Waals surface area (Å²) in [4.78, 5) is 15.1. The molecule has 6 heteroatoms. The van der Waals surface area contributed by atoms with E-state index in [1.807, 2.05) is 0 Å². The summed E-state index contributed by atoms with van der Waals surface area (Å²) in [5, 5.41) is 16.1. The molecule has 0 aliphatic carbocycles. The number of nitrogens with zero attached hydrogens (tertiary/aromatic N) is 2. The number of nitrogen functional groups attached to an aromatic ring is 1. The van der Waals surface area contributed by atoms with Crippen LogP contribution in [0.25, 0.3) is 11.0 Å². The van der Waals surface area contributed by atoms with E-state index in [-0.39, 0.29) is 5.56 Å². The van der Waals surface area contributed by atoms with Crippen LogP contribution in [-0.2, 0) is 0 Å². The molecule has 0 bridgehead atoms. The second-order valence-electron chi connectivity index (χ2n) is 3.34.